The minimum atomic E-state index is -0.383. The first-order valence-electron chi connectivity index (χ1n) is 11.1. The SMILES string of the molecule is CC.CCCCCNCc1cccc(OCCCNC/C(C)=C/C=C(\C)[N+](=O)[O-])c1. The van der Waals surface area contributed by atoms with E-state index in [1.54, 1.807) is 6.08 Å². The Morgan fingerprint density at radius 3 is 2.53 bits per heavy atom. The van der Waals surface area contributed by atoms with E-state index in [0.717, 1.165) is 37.4 Å². The minimum Gasteiger partial charge on any atom is -0.494 e. The number of hydrogen-bond acceptors (Lipinski definition) is 5. The van der Waals surface area contributed by atoms with Gasteiger partial charge in [0.05, 0.1) is 11.5 Å². The lowest BCUT2D eigenvalue weighted by Gasteiger charge is -2.09. The molecule has 1 aromatic rings. The van der Waals surface area contributed by atoms with Gasteiger partial charge in [0.2, 0.25) is 5.70 Å². The molecule has 0 aromatic heterocycles. The van der Waals surface area contributed by atoms with E-state index < -0.39 is 0 Å². The second-order valence-electron chi connectivity index (χ2n) is 6.99. The van der Waals surface area contributed by atoms with Crippen LogP contribution in [0.5, 0.6) is 5.75 Å². The number of unbranched alkanes of at least 4 members (excludes halogenated alkanes) is 2. The van der Waals surface area contributed by atoms with Gasteiger partial charge in [-0.05, 0) is 50.6 Å². The molecule has 0 amide bonds. The molecule has 2 N–H and O–H groups in total. The van der Waals surface area contributed by atoms with Gasteiger partial charge >= 0.3 is 0 Å². The van der Waals surface area contributed by atoms with Gasteiger partial charge in [0.15, 0.2) is 0 Å². The van der Waals surface area contributed by atoms with Crippen LogP contribution in [0.25, 0.3) is 0 Å². The van der Waals surface area contributed by atoms with Crippen molar-refractivity contribution in [1.82, 2.24) is 10.6 Å². The minimum absolute atomic E-state index is 0.145. The van der Waals surface area contributed by atoms with Crippen LogP contribution in [-0.4, -0.2) is 31.2 Å². The molecule has 0 aliphatic heterocycles. The molecule has 0 saturated carbocycles. The normalized spacial score (nSPS) is 11.6. The molecular weight excluding hydrogens is 378 g/mol. The lowest BCUT2D eigenvalue weighted by Crippen LogP contribution is -2.19. The second-order valence-corrected chi connectivity index (χ2v) is 6.99. The van der Waals surface area contributed by atoms with Gasteiger partial charge in [0.25, 0.3) is 0 Å². The zero-order chi connectivity index (χ0) is 22.6. The third-order valence-corrected chi connectivity index (χ3v) is 4.25. The maximum Gasteiger partial charge on any atom is 0.243 e. The van der Waals surface area contributed by atoms with Crippen molar-refractivity contribution in [2.45, 2.75) is 66.8 Å². The molecule has 170 valence electrons. The van der Waals surface area contributed by atoms with Gasteiger partial charge in [0.1, 0.15) is 5.75 Å². The van der Waals surface area contributed by atoms with Crippen LogP contribution in [0.4, 0.5) is 0 Å². The van der Waals surface area contributed by atoms with E-state index in [9.17, 15) is 10.1 Å². The standard InChI is InChI=1S/C22H35N3O3.C2H6/c1-4-5-6-13-24-18-21-9-7-10-22(16-21)28-15-8-14-23-17-19(2)11-12-20(3)25(26)27;1-2/h7,9-12,16,23-24H,4-6,8,13-15,17-18H2,1-3H3;1-2H3/b19-11+,20-12+;. The fourth-order valence-corrected chi connectivity index (χ4v) is 2.53. The van der Waals surface area contributed by atoms with Crippen molar-refractivity contribution < 1.29 is 9.66 Å². The van der Waals surface area contributed by atoms with Crippen molar-refractivity contribution >= 4 is 0 Å². The van der Waals surface area contributed by atoms with Gasteiger partial charge in [-0.15, -0.1) is 0 Å². The quantitative estimate of drug-likeness (QED) is 0.170. The van der Waals surface area contributed by atoms with Crippen molar-refractivity contribution in [3.63, 3.8) is 0 Å². The van der Waals surface area contributed by atoms with Gasteiger partial charge in [-0.2, -0.15) is 0 Å². The number of rotatable bonds is 15. The Hall–Kier alpha value is -2.18. The molecule has 0 atom stereocenters. The van der Waals surface area contributed by atoms with E-state index in [1.807, 2.05) is 32.9 Å². The highest BCUT2D eigenvalue weighted by molar-refractivity contribution is 5.28. The molecule has 0 saturated heterocycles. The summed E-state index contributed by atoms with van der Waals surface area (Å²) in [5.74, 6) is 0.907. The van der Waals surface area contributed by atoms with E-state index in [2.05, 4.69) is 29.7 Å². The Kier molecular flexibility index (Phi) is 17.5. The van der Waals surface area contributed by atoms with Crippen LogP contribution in [0.1, 0.15) is 65.9 Å². The molecule has 0 aliphatic rings. The molecule has 0 radical (unpaired) electrons. The number of allylic oxidation sites excluding steroid dienone is 3. The Morgan fingerprint density at radius 1 is 1.10 bits per heavy atom. The van der Waals surface area contributed by atoms with Crippen LogP contribution >= 0.6 is 0 Å². The number of ether oxygens (including phenoxy) is 1. The maximum absolute atomic E-state index is 10.5. The summed E-state index contributed by atoms with van der Waals surface area (Å²) in [5, 5.41) is 17.3. The van der Waals surface area contributed by atoms with Crippen LogP contribution in [0, 0.1) is 10.1 Å². The topological polar surface area (TPSA) is 76.4 Å². The zero-order valence-electron chi connectivity index (χ0n) is 19.5. The summed E-state index contributed by atoms with van der Waals surface area (Å²) >= 11 is 0. The van der Waals surface area contributed by atoms with Gasteiger partial charge < -0.3 is 15.4 Å². The lowest BCUT2D eigenvalue weighted by molar-refractivity contribution is -0.424. The Labute approximate surface area is 182 Å². The monoisotopic (exact) mass is 419 g/mol. The molecular formula is C24H41N3O3. The van der Waals surface area contributed by atoms with E-state index in [-0.39, 0.29) is 10.6 Å². The van der Waals surface area contributed by atoms with Crippen molar-refractivity contribution in [3.8, 4) is 5.75 Å². The lowest BCUT2D eigenvalue weighted by atomic mass is 10.2. The van der Waals surface area contributed by atoms with Crippen LogP contribution in [-0.2, 0) is 6.54 Å². The molecule has 0 spiro atoms. The second kappa shape index (κ2) is 18.8. The summed E-state index contributed by atoms with van der Waals surface area (Å²) < 4.78 is 5.84. The summed E-state index contributed by atoms with van der Waals surface area (Å²) in [6.07, 6.45) is 7.95. The molecule has 6 heteroatoms. The van der Waals surface area contributed by atoms with Gasteiger partial charge in [-0.25, -0.2) is 0 Å². The first kappa shape index (κ1) is 27.8. The Morgan fingerprint density at radius 2 is 1.83 bits per heavy atom. The average Bonchev–Trinajstić information content (AvgIpc) is 2.76. The molecule has 0 aliphatic carbocycles. The summed E-state index contributed by atoms with van der Waals surface area (Å²) in [7, 11) is 0. The summed E-state index contributed by atoms with van der Waals surface area (Å²) in [5.41, 5.74) is 2.44. The first-order chi connectivity index (χ1) is 14.5. The van der Waals surface area contributed by atoms with Crippen LogP contribution < -0.4 is 15.4 Å². The number of nitro groups is 1. The Balaban J connectivity index is 0.00000407. The first-order valence-corrected chi connectivity index (χ1v) is 11.1. The molecule has 30 heavy (non-hydrogen) atoms. The van der Waals surface area contributed by atoms with Crippen LogP contribution in [0.15, 0.2) is 47.7 Å². The fourth-order valence-electron chi connectivity index (χ4n) is 2.53. The van der Waals surface area contributed by atoms with E-state index in [0.29, 0.717) is 13.2 Å². The predicted molar refractivity (Wildman–Crippen MR) is 127 cm³/mol. The largest absolute Gasteiger partial charge is 0.494 e. The van der Waals surface area contributed by atoms with Crippen LogP contribution in [0.3, 0.4) is 0 Å². The molecule has 1 rings (SSSR count). The molecule has 0 heterocycles. The molecule has 1 aromatic carbocycles. The van der Waals surface area contributed by atoms with E-state index in [4.69, 9.17) is 4.74 Å². The third kappa shape index (κ3) is 14.8. The smallest absolute Gasteiger partial charge is 0.243 e. The van der Waals surface area contributed by atoms with E-state index in [1.165, 1.54) is 37.8 Å². The van der Waals surface area contributed by atoms with E-state index >= 15 is 0 Å². The number of nitrogens with zero attached hydrogens (tertiary/aromatic N) is 1. The number of nitrogens with one attached hydrogen (secondary N) is 2. The fraction of sp³-hybridized carbons (Fsp3) is 0.583. The molecule has 0 unspecified atom stereocenters. The summed E-state index contributed by atoms with van der Waals surface area (Å²) in [4.78, 5) is 10.2. The summed E-state index contributed by atoms with van der Waals surface area (Å²) in [6.45, 7) is 13.8. The highest BCUT2D eigenvalue weighted by Crippen LogP contribution is 2.13. The van der Waals surface area contributed by atoms with Gasteiger partial charge in [-0.1, -0.05) is 57.4 Å². The van der Waals surface area contributed by atoms with Crippen molar-refractivity contribution in [2.75, 3.05) is 26.2 Å². The molecule has 0 bridgehead atoms. The van der Waals surface area contributed by atoms with Gasteiger partial charge in [0, 0.05) is 26.1 Å². The molecule has 6 nitrogen and oxygen atoms in total. The highest BCUT2D eigenvalue weighted by Gasteiger charge is 2.00. The van der Waals surface area contributed by atoms with Crippen LogP contribution in [0.2, 0.25) is 0 Å². The summed E-state index contributed by atoms with van der Waals surface area (Å²) in [6, 6.07) is 8.23. The number of hydrogen-bond donors (Lipinski definition) is 2. The predicted octanol–water partition coefficient (Wildman–Crippen LogP) is 5.48. The van der Waals surface area contributed by atoms with Crippen molar-refractivity contribution in [3.05, 3.63) is 63.4 Å². The average molecular weight is 420 g/mol. The molecule has 0 fully saturated rings. The number of benzene rings is 1. The van der Waals surface area contributed by atoms with Crippen molar-refractivity contribution in [2.24, 2.45) is 0 Å². The maximum atomic E-state index is 10.5. The third-order valence-electron chi connectivity index (χ3n) is 4.25. The highest BCUT2D eigenvalue weighted by atomic mass is 16.6. The Bertz CT molecular complexity index is 642. The van der Waals surface area contributed by atoms with Gasteiger partial charge in [-0.3, -0.25) is 10.1 Å². The van der Waals surface area contributed by atoms with Crippen molar-refractivity contribution in [1.29, 1.82) is 0 Å². The zero-order valence-corrected chi connectivity index (χ0v) is 19.5.